The Morgan fingerprint density at radius 2 is 2.05 bits per heavy atom. The molecule has 0 N–H and O–H groups in total. The molecule has 0 aliphatic rings. The Morgan fingerprint density at radius 1 is 1.33 bits per heavy atom. The second-order valence-electron chi connectivity index (χ2n) is 3.91. The molecule has 0 aromatic carbocycles. The Kier molecular flexibility index (Phi) is 9.49. The van der Waals surface area contributed by atoms with Crippen molar-refractivity contribution in [1.82, 2.24) is 9.97 Å². The maximum Gasteiger partial charge on any atom is 0.106 e. The van der Waals surface area contributed by atoms with Crippen LogP contribution in [0.2, 0.25) is 0 Å². The van der Waals surface area contributed by atoms with E-state index in [-0.39, 0.29) is 7.43 Å². The van der Waals surface area contributed by atoms with Gasteiger partial charge >= 0.3 is 0 Å². The van der Waals surface area contributed by atoms with Crippen LogP contribution in [0.4, 0.5) is 0 Å². The standard InChI is InChI=1S/C7H10N2OS.C7H9NS.CH4/c1-5(9-10-3)7-4-11-6(2)8-7;1-3-4-7-6(2)8-5-9-7;/h4H,1-3H3;3-5H,1-2H3;1H4/b9-5-;4-3+;. The normalized spacial score (nSPS) is 10.8. The SMILES string of the molecule is C.C/C=C/c1scnc1C.CO/N=C(/C)c1csc(C)n1. The van der Waals surface area contributed by atoms with Gasteiger partial charge in [0.2, 0.25) is 0 Å². The van der Waals surface area contributed by atoms with E-state index in [2.05, 4.69) is 26.0 Å². The summed E-state index contributed by atoms with van der Waals surface area (Å²) in [6, 6.07) is 0. The molecule has 2 aromatic heterocycles. The van der Waals surface area contributed by atoms with Crippen LogP contribution in [0.15, 0.2) is 22.1 Å². The number of hydrogen-bond acceptors (Lipinski definition) is 6. The summed E-state index contributed by atoms with van der Waals surface area (Å²) in [5.41, 5.74) is 4.70. The molecule has 0 saturated heterocycles. The molecule has 0 atom stereocenters. The zero-order valence-electron chi connectivity index (χ0n) is 12.4. The van der Waals surface area contributed by atoms with Gasteiger partial charge in [0.05, 0.1) is 21.9 Å². The van der Waals surface area contributed by atoms with Crippen molar-refractivity contribution in [1.29, 1.82) is 0 Å². The predicted molar refractivity (Wildman–Crippen MR) is 94.4 cm³/mol. The highest BCUT2D eigenvalue weighted by Crippen LogP contribution is 2.13. The first-order valence-corrected chi connectivity index (χ1v) is 7.87. The number of hydrogen-bond donors (Lipinski definition) is 0. The van der Waals surface area contributed by atoms with Crippen LogP contribution in [0.5, 0.6) is 0 Å². The first kappa shape index (κ1) is 19.5. The summed E-state index contributed by atoms with van der Waals surface area (Å²) in [5.74, 6) is 0. The summed E-state index contributed by atoms with van der Waals surface area (Å²) in [6.07, 6.45) is 4.10. The van der Waals surface area contributed by atoms with Gasteiger partial charge in [-0.05, 0) is 33.8 Å². The Balaban J connectivity index is 0.000000370. The van der Waals surface area contributed by atoms with E-state index < -0.39 is 0 Å². The number of aromatic nitrogens is 2. The number of thiazole rings is 2. The quantitative estimate of drug-likeness (QED) is 0.593. The van der Waals surface area contributed by atoms with Crippen LogP contribution >= 0.6 is 22.7 Å². The van der Waals surface area contributed by atoms with Crippen molar-refractivity contribution < 1.29 is 4.84 Å². The molecule has 116 valence electrons. The molecule has 0 aliphatic carbocycles. The monoisotopic (exact) mass is 325 g/mol. The fourth-order valence-corrected chi connectivity index (χ4v) is 2.75. The lowest BCUT2D eigenvalue weighted by atomic mass is 10.3. The molecule has 0 unspecified atom stereocenters. The minimum Gasteiger partial charge on any atom is -0.399 e. The molecular formula is C15H23N3OS2. The lowest BCUT2D eigenvalue weighted by Crippen LogP contribution is -1.95. The molecule has 2 rings (SSSR count). The molecule has 6 heteroatoms. The summed E-state index contributed by atoms with van der Waals surface area (Å²) in [7, 11) is 1.53. The van der Waals surface area contributed by atoms with Gasteiger partial charge in [0.15, 0.2) is 0 Å². The van der Waals surface area contributed by atoms with Gasteiger partial charge in [-0.3, -0.25) is 0 Å². The van der Waals surface area contributed by atoms with Gasteiger partial charge in [0.1, 0.15) is 12.8 Å². The molecule has 0 spiro atoms. The lowest BCUT2D eigenvalue weighted by Gasteiger charge is -1.91. The topological polar surface area (TPSA) is 47.4 Å². The summed E-state index contributed by atoms with van der Waals surface area (Å²) < 4.78 is 0. The molecular weight excluding hydrogens is 302 g/mol. The van der Waals surface area contributed by atoms with Gasteiger partial charge in [-0.15, -0.1) is 22.7 Å². The van der Waals surface area contributed by atoms with E-state index in [0.29, 0.717) is 0 Å². The fraction of sp³-hybridized carbons (Fsp3) is 0.400. The zero-order chi connectivity index (χ0) is 15.0. The minimum atomic E-state index is 0. The molecule has 0 radical (unpaired) electrons. The van der Waals surface area contributed by atoms with E-state index >= 15 is 0 Å². The van der Waals surface area contributed by atoms with E-state index in [0.717, 1.165) is 22.1 Å². The minimum absolute atomic E-state index is 0. The smallest absolute Gasteiger partial charge is 0.106 e. The number of nitrogens with zero attached hydrogens (tertiary/aromatic N) is 3. The van der Waals surface area contributed by atoms with Gasteiger partial charge in [0.25, 0.3) is 0 Å². The number of oxime groups is 1. The summed E-state index contributed by atoms with van der Waals surface area (Å²) in [5, 5.41) is 6.78. The summed E-state index contributed by atoms with van der Waals surface area (Å²) >= 11 is 3.29. The van der Waals surface area contributed by atoms with Gasteiger partial charge in [-0.1, -0.05) is 18.7 Å². The highest BCUT2D eigenvalue weighted by atomic mass is 32.1. The Labute approximate surface area is 135 Å². The van der Waals surface area contributed by atoms with E-state index in [1.807, 2.05) is 44.7 Å². The molecule has 4 nitrogen and oxygen atoms in total. The van der Waals surface area contributed by atoms with E-state index in [1.165, 1.54) is 12.0 Å². The second kappa shape index (κ2) is 10.2. The van der Waals surface area contributed by atoms with Gasteiger partial charge in [-0.25, -0.2) is 9.97 Å². The van der Waals surface area contributed by atoms with Crippen molar-refractivity contribution in [2.45, 2.75) is 35.1 Å². The number of aryl methyl sites for hydroxylation is 2. The zero-order valence-corrected chi connectivity index (χ0v) is 14.0. The maximum atomic E-state index is 4.62. The average molecular weight is 326 g/mol. The van der Waals surface area contributed by atoms with E-state index in [1.54, 1.807) is 22.7 Å². The largest absolute Gasteiger partial charge is 0.399 e. The molecule has 21 heavy (non-hydrogen) atoms. The molecule has 0 fully saturated rings. The van der Waals surface area contributed by atoms with Crippen molar-refractivity contribution >= 4 is 34.5 Å². The lowest BCUT2D eigenvalue weighted by molar-refractivity contribution is 0.213. The van der Waals surface area contributed by atoms with Crippen molar-refractivity contribution in [3.05, 3.63) is 38.2 Å². The van der Waals surface area contributed by atoms with Crippen LogP contribution in [-0.4, -0.2) is 22.8 Å². The third kappa shape index (κ3) is 6.64. The maximum absolute atomic E-state index is 4.62. The van der Waals surface area contributed by atoms with E-state index in [4.69, 9.17) is 0 Å². The third-order valence-electron chi connectivity index (χ3n) is 2.32. The van der Waals surface area contributed by atoms with Crippen LogP contribution < -0.4 is 0 Å². The van der Waals surface area contributed by atoms with Crippen molar-refractivity contribution in [3.8, 4) is 0 Å². The van der Waals surface area contributed by atoms with Crippen molar-refractivity contribution in [2.24, 2.45) is 5.16 Å². The molecule has 0 amide bonds. The first-order chi connectivity index (χ1) is 9.58. The Hall–Kier alpha value is -1.53. The highest BCUT2D eigenvalue weighted by molar-refractivity contribution is 7.10. The van der Waals surface area contributed by atoms with Crippen molar-refractivity contribution in [2.75, 3.05) is 7.11 Å². The van der Waals surface area contributed by atoms with Gasteiger partial charge < -0.3 is 4.84 Å². The molecule has 2 aromatic rings. The number of allylic oxidation sites excluding steroid dienone is 1. The summed E-state index contributed by atoms with van der Waals surface area (Å²) in [6.45, 7) is 7.87. The van der Waals surface area contributed by atoms with Crippen LogP contribution in [-0.2, 0) is 4.84 Å². The van der Waals surface area contributed by atoms with Crippen LogP contribution in [0.3, 0.4) is 0 Å². The van der Waals surface area contributed by atoms with Crippen LogP contribution in [0.1, 0.15) is 42.5 Å². The second-order valence-corrected chi connectivity index (χ2v) is 5.86. The Morgan fingerprint density at radius 3 is 2.48 bits per heavy atom. The van der Waals surface area contributed by atoms with Crippen LogP contribution in [0, 0.1) is 13.8 Å². The molecule has 0 aliphatic heterocycles. The Bertz CT molecular complexity index is 585. The first-order valence-electron chi connectivity index (χ1n) is 6.11. The van der Waals surface area contributed by atoms with Gasteiger partial charge in [-0.2, -0.15) is 0 Å². The van der Waals surface area contributed by atoms with E-state index in [9.17, 15) is 0 Å². The highest BCUT2D eigenvalue weighted by Gasteiger charge is 2.01. The fourth-order valence-electron chi connectivity index (χ4n) is 1.34. The summed E-state index contributed by atoms with van der Waals surface area (Å²) in [4.78, 5) is 14.2. The van der Waals surface area contributed by atoms with Crippen molar-refractivity contribution in [3.63, 3.8) is 0 Å². The van der Waals surface area contributed by atoms with Gasteiger partial charge in [0, 0.05) is 10.3 Å². The predicted octanol–water partition coefficient (Wildman–Crippen LogP) is 4.94. The molecule has 0 bridgehead atoms. The number of rotatable bonds is 3. The van der Waals surface area contributed by atoms with Crippen LogP contribution in [0.25, 0.3) is 6.08 Å². The molecule has 2 heterocycles. The average Bonchev–Trinajstić information content (AvgIpc) is 3.01. The third-order valence-corrected chi connectivity index (χ3v) is 3.99. The molecule has 0 saturated carbocycles.